The summed E-state index contributed by atoms with van der Waals surface area (Å²) in [6.45, 7) is 2.33. The molecule has 4 bridgehead atoms. The van der Waals surface area contributed by atoms with Crippen molar-refractivity contribution in [2.75, 3.05) is 7.05 Å². The number of aliphatic hydroxyl groups is 2. The fourth-order valence-electron chi connectivity index (χ4n) is 9.11. The van der Waals surface area contributed by atoms with Crippen LogP contribution in [0, 0.1) is 28.1 Å². The summed E-state index contributed by atoms with van der Waals surface area (Å²) in [7, 11) is 2.12. The first kappa shape index (κ1) is 16.1. The molecule has 0 aliphatic heterocycles. The number of hydrogen-bond acceptors (Lipinski definition) is 3. The van der Waals surface area contributed by atoms with Crippen LogP contribution in [0.5, 0.6) is 0 Å². The highest BCUT2D eigenvalue weighted by Crippen LogP contribution is 2.79. The SMILES string of the molecule is CN[C@@H]1CC[C@@]23C[C@]4(CCC[C@@H]14)[C@@H]2[C@@H](O)C[C@]1(C)CCC[C@@]3(O)C1. The summed E-state index contributed by atoms with van der Waals surface area (Å²) in [6.07, 6.45) is 12.4. The lowest BCUT2D eigenvalue weighted by Crippen LogP contribution is -2.69. The van der Waals surface area contributed by atoms with Crippen LogP contribution in [0.25, 0.3) is 0 Å². The van der Waals surface area contributed by atoms with Crippen molar-refractivity contribution in [2.45, 2.75) is 95.3 Å². The van der Waals surface area contributed by atoms with Gasteiger partial charge in [-0.05, 0) is 87.5 Å². The molecule has 6 rings (SSSR count). The average Bonchev–Trinajstić information content (AvgIpc) is 2.79. The normalized spacial score (nSPS) is 62.0. The lowest BCUT2D eigenvalue weighted by atomic mass is 9.37. The Morgan fingerprint density at radius 2 is 1.83 bits per heavy atom. The van der Waals surface area contributed by atoms with Gasteiger partial charge in [-0.3, -0.25) is 0 Å². The van der Waals surface area contributed by atoms with E-state index in [1.807, 2.05) is 0 Å². The highest BCUT2D eigenvalue weighted by atomic mass is 16.3. The van der Waals surface area contributed by atoms with E-state index in [0.717, 1.165) is 32.1 Å². The Labute approximate surface area is 146 Å². The molecule has 6 saturated carbocycles. The zero-order valence-corrected chi connectivity index (χ0v) is 15.5. The third-order valence-electron chi connectivity index (χ3n) is 9.62. The Hall–Kier alpha value is -0.120. The van der Waals surface area contributed by atoms with Crippen molar-refractivity contribution in [2.24, 2.45) is 28.1 Å². The molecular formula is C21H35NO2. The standard InChI is InChI=1S/C21H35NO2/c1-18-7-4-9-21(24,12-18)20-10-6-15(22-2)14-5-3-8-19(14,13-20)17(20)16(23)11-18/h14-17,22-24H,3-13H2,1-2H3/t14-,15+,16-,17-,18-,19-,20+,21+/m0/s1. The Kier molecular flexibility index (Phi) is 3.20. The summed E-state index contributed by atoms with van der Waals surface area (Å²) in [5.41, 5.74) is -0.0667. The van der Waals surface area contributed by atoms with Gasteiger partial charge in [0.1, 0.15) is 0 Å². The van der Waals surface area contributed by atoms with Gasteiger partial charge in [0.05, 0.1) is 11.7 Å². The molecule has 136 valence electrons. The van der Waals surface area contributed by atoms with Crippen molar-refractivity contribution < 1.29 is 10.2 Å². The monoisotopic (exact) mass is 333 g/mol. The second kappa shape index (κ2) is 4.78. The molecule has 0 aromatic carbocycles. The minimum atomic E-state index is -0.525. The van der Waals surface area contributed by atoms with Gasteiger partial charge in [0.2, 0.25) is 0 Å². The summed E-state index contributed by atoms with van der Waals surface area (Å²) in [5.74, 6) is 1.06. The first-order chi connectivity index (χ1) is 11.4. The van der Waals surface area contributed by atoms with Crippen molar-refractivity contribution in [3.05, 3.63) is 0 Å². The second-order valence-electron chi connectivity index (χ2n) is 10.6. The zero-order chi connectivity index (χ0) is 16.8. The minimum Gasteiger partial charge on any atom is -0.393 e. The first-order valence-electron chi connectivity index (χ1n) is 10.5. The van der Waals surface area contributed by atoms with E-state index in [9.17, 15) is 10.2 Å². The summed E-state index contributed by atoms with van der Waals surface area (Å²) >= 11 is 0. The number of fused-ring (bicyclic) bond motifs is 4. The van der Waals surface area contributed by atoms with Crippen molar-refractivity contribution >= 4 is 0 Å². The van der Waals surface area contributed by atoms with E-state index in [0.29, 0.717) is 23.3 Å². The molecule has 0 unspecified atom stereocenters. The molecule has 6 aliphatic carbocycles. The van der Waals surface area contributed by atoms with Crippen LogP contribution in [0.2, 0.25) is 0 Å². The average molecular weight is 334 g/mol. The van der Waals surface area contributed by atoms with Crippen molar-refractivity contribution in [3.63, 3.8) is 0 Å². The minimum absolute atomic E-state index is 0.00120. The van der Waals surface area contributed by atoms with Crippen LogP contribution in [0.1, 0.15) is 77.6 Å². The van der Waals surface area contributed by atoms with Crippen molar-refractivity contribution in [1.82, 2.24) is 5.32 Å². The fraction of sp³-hybridized carbons (Fsp3) is 1.00. The Morgan fingerprint density at radius 3 is 2.62 bits per heavy atom. The van der Waals surface area contributed by atoms with Gasteiger partial charge >= 0.3 is 0 Å². The Bertz CT molecular complexity index is 552. The summed E-state index contributed by atoms with van der Waals surface area (Å²) in [5, 5.41) is 26.9. The van der Waals surface area contributed by atoms with E-state index in [-0.39, 0.29) is 16.9 Å². The van der Waals surface area contributed by atoms with E-state index in [2.05, 4.69) is 19.3 Å². The Balaban J connectivity index is 1.64. The van der Waals surface area contributed by atoms with Crippen LogP contribution in [-0.2, 0) is 0 Å². The van der Waals surface area contributed by atoms with Crippen LogP contribution < -0.4 is 5.32 Å². The lowest BCUT2D eigenvalue weighted by Gasteiger charge is -2.69. The molecule has 0 aromatic heterocycles. The van der Waals surface area contributed by atoms with E-state index in [1.54, 1.807) is 0 Å². The molecule has 2 spiro atoms. The van der Waals surface area contributed by atoms with Gasteiger partial charge in [0.25, 0.3) is 0 Å². The highest BCUT2D eigenvalue weighted by Gasteiger charge is 2.77. The van der Waals surface area contributed by atoms with Gasteiger partial charge in [-0.1, -0.05) is 19.8 Å². The molecule has 6 aliphatic rings. The number of rotatable bonds is 1. The predicted molar refractivity (Wildman–Crippen MR) is 94.5 cm³/mol. The predicted octanol–water partition coefficient (Wildman–Crippen LogP) is 3.24. The van der Waals surface area contributed by atoms with Crippen LogP contribution in [-0.4, -0.2) is 35.0 Å². The molecular weight excluding hydrogens is 298 g/mol. The largest absolute Gasteiger partial charge is 0.393 e. The topological polar surface area (TPSA) is 52.5 Å². The summed E-state index contributed by atoms with van der Waals surface area (Å²) in [4.78, 5) is 0. The molecule has 0 saturated heterocycles. The van der Waals surface area contributed by atoms with Crippen LogP contribution in [0.3, 0.4) is 0 Å². The molecule has 24 heavy (non-hydrogen) atoms. The van der Waals surface area contributed by atoms with Crippen LogP contribution in [0.4, 0.5) is 0 Å². The molecule has 3 nitrogen and oxygen atoms in total. The van der Waals surface area contributed by atoms with E-state index < -0.39 is 5.60 Å². The summed E-state index contributed by atoms with van der Waals surface area (Å²) in [6, 6.07) is 0.588. The maximum Gasteiger partial charge on any atom is 0.0713 e. The number of nitrogens with one attached hydrogen (secondary N) is 1. The van der Waals surface area contributed by atoms with E-state index >= 15 is 0 Å². The maximum absolute atomic E-state index is 11.9. The second-order valence-corrected chi connectivity index (χ2v) is 10.6. The van der Waals surface area contributed by atoms with Crippen LogP contribution >= 0.6 is 0 Å². The van der Waals surface area contributed by atoms with Gasteiger partial charge in [-0.25, -0.2) is 0 Å². The van der Waals surface area contributed by atoms with Gasteiger partial charge in [0.15, 0.2) is 0 Å². The van der Waals surface area contributed by atoms with Crippen LogP contribution in [0.15, 0.2) is 0 Å². The van der Waals surface area contributed by atoms with E-state index in [4.69, 9.17) is 0 Å². The van der Waals surface area contributed by atoms with Crippen molar-refractivity contribution in [3.8, 4) is 0 Å². The third kappa shape index (κ3) is 1.70. The van der Waals surface area contributed by atoms with E-state index in [1.165, 1.54) is 38.5 Å². The van der Waals surface area contributed by atoms with Crippen molar-refractivity contribution in [1.29, 1.82) is 0 Å². The fourth-order valence-corrected chi connectivity index (χ4v) is 9.11. The molecule has 3 heteroatoms. The number of aliphatic hydroxyl groups excluding tert-OH is 1. The van der Waals surface area contributed by atoms with Gasteiger partial charge in [0, 0.05) is 11.5 Å². The molecule has 0 radical (unpaired) electrons. The molecule has 6 fully saturated rings. The third-order valence-corrected chi connectivity index (χ3v) is 9.62. The first-order valence-corrected chi connectivity index (χ1v) is 10.5. The molecule has 0 aromatic rings. The molecule has 0 heterocycles. The molecule has 0 amide bonds. The lowest BCUT2D eigenvalue weighted by molar-refractivity contribution is -0.269. The molecule has 3 N–H and O–H groups in total. The highest BCUT2D eigenvalue weighted by molar-refractivity contribution is 5.27. The zero-order valence-electron chi connectivity index (χ0n) is 15.5. The Morgan fingerprint density at radius 1 is 1.00 bits per heavy atom. The summed E-state index contributed by atoms with van der Waals surface area (Å²) < 4.78 is 0. The maximum atomic E-state index is 11.9. The van der Waals surface area contributed by atoms with Gasteiger partial charge in [-0.15, -0.1) is 0 Å². The molecule has 8 atom stereocenters. The van der Waals surface area contributed by atoms with Gasteiger partial charge < -0.3 is 15.5 Å². The number of hydrogen-bond donors (Lipinski definition) is 3. The smallest absolute Gasteiger partial charge is 0.0713 e. The van der Waals surface area contributed by atoms with Gasteiger partial charge in [-0.2, -0.15) is 0 Å². The quantitative estimate of drug-likeness (QED) is 0.690.